The Labute approximate surface area is 80.9 Å². The summed E-state index contributed by atoms with van der Waals surface area (Å²) in [4.78, 5) is 1.27. The van der Waals surface area contributed by atoms with Gasteiger partial charge >= 0.3 is 0 Å². The van der Waals surface area contributed by atoms with E-state index < -0.39 is 0 Å². The number of anilines is 1. The number of ether oxygens (including phenoxy) is 1. The molecular weight excluding hydrogens is 182 g/mol. The van der Waals surface area contributed by atoms with Gasteiger partial charge in [-0.3, -0.25) is 0 Å². The van der Waals surface area contributed by atoms with E-state index in [1.807, 2.05) is 12.1 Å². The van der Waals surface area contributed by atoms with E-state index in [1.165, 1.54) is 9.58 Å². The number of hydrogen-bond donors (Lipinski definition) is 1. The minimum atomic E-state index is 0.740. The molecule has 13 heavy (non-hydrogen) atoms. The molecule has 0 aliphatic carbocycles. The molecule has 2 nitrogen and oxygen atoms in total. The summed E-state index contributed by atoms with van der Waals surface area (Å²) in [5.74, 6) is 0.755. The third-order valence-corrected chi connectivity index (χ3v) is 3.06. The van der Waals surface area contributed by atoms with Crippen LogP contribution in [-0.4, -0.2) is 7.11 Å². The normalized spacial score (nSPS) is 10.6. The van der Waals surface area contributed by atoms with Gasteiger partial charge in [0, 0.05) is 15.0 Å². The fourth-order valence-corrected chi connectivity index (χ4v) is 2.36. The van der Waals surface area contributed by atoms with Crippen LogP contribution in [0.2, 0.25) is 0 Å². The van der Waals surface area contributed by atoms with E-state index in [2.05, 4.69) is 13.0 Å². The second-order valence-electron chi connectivity index (χ2n) is 2.95. The first kappa shape index (κ1) is 8.38. The Kier molecular flexibility index (Phi) is 1.88. The zero-order valence-corrected chi connectivity index (χ0v) is 8.44. The molecule has 0 spiro atoms. The van der Waals surface area contributed by atoms with Crippen LogP contribution in [0.5, 0.6) is 5.75 Å². The molecule has 0 saturated heterocycles. The molecule has 2 aromatic rings. The van der Waals surface area contributed by atoms with Crippen molar-refractivity contribution in [2.24, 2.45) is 0 Å². The van der Waals surface area contributed by atoms with E-state index >= 15 is 0 Å². The summed E-state index contributed by atoms with van der Waals surface area (Å²) in [6, 6.07) is 6.05. The molecule has 1 aromatic carbocycles. The lowest BCUT2D eigenvalue weighted by atomic mass is 10.2. The van der Waals surface area contributed by atoms with Crippen molar-refractivity contribution in [3.8, 4) is 5.75 Å². The zero-order chi connectivity index (χ0) is 9.42. The summed E-state index contributed by atoms with van der Waals surface area (Å²) in [5, 5.41) is 1.10. The standard InChI is InChI=1S/C10H11NOS/c1-6-5-7-9(13-6)4-3-8(12-2)10(7)11/h3-5H,11H2,1-2H3. The zero-order valence-electron chi connectivity index (χ0n) is 7.63. The van der Waals surface area contributed by atoms with E-state index in [4.69, 9.17) is 10.5 Å². The molecule has 0 aliphatic heterocycles. The van der Waals surface area contributed by atoms with E-state index in [1.54, 1.807) is 18.4 Å². The lowest BCUT2D eigenvalue weighted by Crippen LogP contribution is -1.91. The smallest absolute Gasteiger partial charge is 0.142 e. The van der Waals surface area contributed by atoms with E-state index in [9.17, 15) is 0 Å². The molecule has 0 saturated carbocycles. The van der Waals surface area contributed by atoms with Gasteiger partial charge in [0.15, 0.2) is 0 Å². The predicted octanol–water partition coefficient (Wildman–Crippen LogP) is 2.80. The molecule has 0 bridgehead atoms. The molecule has 0 amide bonds. The van der Waals surface area contributed by atoms with Gasteiger partial charge in [0.2, 0.25) is 0 Å². The van der Waals surface area contributed by atoms with Crippen LogP contribution in [0.3, 0.4) is 0 Å². The molecule has 2 rings (SSSR count). The summed E-state index contributed by atoms with van der Waals surface area (Å²) < 4.78 is 6.36. The van der Waals surface area contributed by atoms with Gasteiger partial charge in [0.1, 0.15) is 5.75 Å². The lowest BCUT2D eigenvalue weighted by molar-refractivity contribution is 0.417. The van der Waals surface area contributed by atoms with E-state index in [0.29, 0.717) is 0 Å². The Bertz CT molecular complexity index is 447. The number of aryl methyl sites for hydroxylation is 1. The summed E-state index contributed by atoms with van der Waals surface area (Å²) in [7, 11) is 1.64. The molecule has 1 aromatic heterocycles. The average Bonchev–Trinajstić information content (AvgIpc) is 2.47. The number of nitrogens with two attached hydrogens (primary N) is 1. The maximum atomic E-state index is 5.92. The Morgan fingerprint density at radius 2 is 2.15 bits per heavy atom. The highest BCUT2D eigenvalue weighted by molar-refractivity contribution is 7.19. The van der Waals surface area contributed by atoms with Crippen molar-refractivity contribution in [2.45, 2.75) is 6.92 Å². The van der Waals surface area contributed by atoms with Crippen LogP contribution in [0, 0.1) is 6.92 Å². The van der Waals surface area contributed by atoms with Crippen molar-refractivity contribution in [1.29, 1.82) is 0 Å². The Hall–Kier alpha value is -1.22. The van der Waals surface area contributed by atoms with Crippen molar-refractivity contribution in [3.63, 3.8) is 0 Å². The highest BCUT2D eigenvalue weighted by Crippen LogP contribution is 2.35. The van der Waals surface area contributed by atoms with Crippen molar-refractivity contribution in [3.05, 3.63) is 23.1 Å². The van der Waals surface area contributed by atoms with Gasteiger partial charge in [-0.2, -0.15) is 0 Å². The van der Waals surface area contributed by atoms with Crippen LogP contribution in [0.15, 0.2) is 18.2 Å². The van der Waals surface area contributed by atoms with Gasteiger partial charge < -0.3 is 10.5 Å². The molecule has 2 N–H and O–H groups in total. The van der Waals surface area contributed by atoms with Gasteiger partial charge in [-0.05, 0) is 25.1 Å². The summed E-state index contributed by atoms with van der Waals surface area (Å²) in [6.45, 7) is 2.08. The van der Waals surface area contributed by atoms with Gasteiger partial charge in [0.05, 0.1) is 12.8 Å². The van der Waals surface area contributed by atoms with Crippen molar-refractivity contribution in [1.82, 2.24) is 0 Å². The lowest BCUT2D eigenvalue weighted by Gasteiger charge is -2.03. The minimum absolute atomic E-state index is 0.740. The summed E-state index contributed by atoms with van der Waals surface area (Å²) in [5.41, 5.74) is 6.66. The summed E-state index contributed by atoms with van der Waals surface area (Å²) in [6.07, 6.45) is 0. The molecule has 0 fully saturated rings. The van der Waals surface area contributed by atoms with Crippen LogP contribution in [0.4, 0.5) is 5.69 Å². The third-order valence-electron chi connectivity index (χ3n) is 2.05. The highest BCUT2D eigenvalue weighted by Gasteiger charge is 2.06. The van der Waals surface area contributed by atoms with Crippen LogP contribution >= 0.6 is 11.3 Å². The number of methoxy groups -OCH3 is 1. The molecule has 0 atom stereocenters. The molecular formula is C10H11NOS. The van der Waals surface area contributed by atoms with Crippen molar-refractivity contribution in [2.75, 3.05) is 12.8 Å². The number of fused-ring (bicyclic) bond motifs is 1. The van der Waals surface area contributed by atoms with Crippen LogP contribution in [0.25, 0.3) is 10.1 Å². The maximum Gasteiger partial charge on any atom is 0.142 e. The minimum Gasteiger partial charge on any atom is -0.495 e. The van der Waals surface area contributed by atoms with Crippen LogP contribution in [-0.2, 0) is 0 Å². The first-order chi connectivity index (χ1) is 6.22. The molecule has 68 valence electrons. The number of rotatable bonds is 1. The Morgan fingerprint density at radius 3 is 2.85 bits per heavy atom. The predicted molar refractivity (Wildman–Crippen MR) is 57.5 cm³/mol. The van der Waals surface area contributed by atoms with Crippen molar-refractivity contribution >= 4 is 27.1 Å². The first-order valence-corrected chi connectivity index (χ1v) is 4.86. The van der Waals surface area contributed by atoms with Crippen LogP contribution < -0.4 is 10.5 Å². The van der Waals surface area contributed by atoms with E-state index in [-0.39, 0.29) is 0 Å². The Morgan fingerprint density at radius 1 is 1.38 bits per heavy atom. The summed E-state index contributed by atoms with van der Waals surface area (Å²) >= 11 is 1.75. The number of thiophene rings is 1. The maximum absolute atomic E-state index is 5.92. The third kappa shape index (κ3) is 1.25. The van der Waals surface area contributed by atoms with Gasteiger partial charge in [-0.1, -0.05) is 0 Å². The number of nitrogen functional groups attached to an aromatic ring is 1. The molecule has 0 unspecified atom stereocenters. The van der Waals surface area contributed by atoms with Gasteiger partial charge in [0.25, 0.3) is 0 Å². The SMILES string of the molecule is COc1ccc2sc(C)cc2c1N. The largest absolute Gasteiger partial charge is 0.495 e. The number of benzene rings is 1. The van der Waals surface area contributed by atoms with Gasteiger partial charge in [-0.25, -0.2) is 0 Å². The monoisotopic (exact) mass is 193 g/mol. The van der Waals surface area contributed by atoms with E-state index in [0.717, 1.165) is 16.8 Å². The Balaban J connectivity index is 2.78. The fraction of sp³-hybridized carbons (Fsp3) is 0.200. The quantitative estimate of drug-likeness (QED) is 0.707. The highest BCUT2D eigenvalue weighted by atomic mass is 32.1. The number of hydrogen-bond acceptors (Lipinski definition) is 3. The fourth-order valence-electron chi connectivity index (χ4n) is 1.42. The molecule has 1 heterocycles. The van der Waals surface area contributed by atoms with Crippen molar-refractivity contribution < 1.29 is 4.74 Å². The topological polar surface area (TPSA) is 35.2 Å². The van der Waals surface area contributed by atoms with Crippen LogP contribution in [0.1, 0.15) is 4.88 Å². The average molecular weight is 193 g/mol. The second kappa shape index (κ2) is 2.92. The molecule has 3 heteroatoms. The van der Waals surface area contributed by atoms with Gasteiger partial charge in [-0.15, -0.1) is 11.3 Å². The molecule has 0 radical (unpaired) electrons. The second-order valence-corrected chi connectivity index (χ2v) is 4.24. The first-order valence-electron chi connectivity index (χ1n) is 4.05. The molecule has 0 aliphatic rings.